The Morgan fingerprint density at radius 2 is 2.07 bits per heavy atom. The number of benzene rings is 1. The van der Waals surface area contributed by atoms with Gasteiger partial charge in [-0.25, -0.2) is 0 Å². The lowest BCUT2D eigenvalue weighted by atomic mass is 10.2. The number of hydrogen-bond donors (Lipinski definition) is 0. The molecule has 0 saturated carbocycles. The van der Waals surface area contributed by atoms with E-state index < -0.39 is 0 Å². The van der Waals surface area contributed by atoms with Gasteiger partial charge in [-0.1, -0.05) is 12.1 Å². The van der Waals surface area contributed by atoms with E-state index in [1.54, 1.807) is 0 Å². The van der Waals surface area contributed by atoms with Crippen LogP contribution in [0.1, 0.15) is 11.9 Å². The Labute approximate surface area is 86.7 Å². The molecule has 0 N–H and O–H groups in total. The summed E-state index contributed by atoms with van der Waals surface area (Å²) in [5.41, 5.74) is 1.65. The highest BCUT2D eigenvalue weighted by molar-refractivity contribution is 7.78. The third-order valence-electron chi connectivity index (χ3n) is 1.78. The fourth-order valence-corrected chi connectivity index (χ4v) is 1.30. The van der Waals surface area contributed by atoms with Crippen LogP contribution in [0.3, 0.4) is 0 Å². The van der Waals surface area contributed by atoms with Crippen LogP contribution in [0.2, 0.25) is 0 Å². The zero-order valence-electron chi connectivity index (χ0n) is 7.21. The maximum atomic E-state index is 5.18. The van der Waals surface area contributed by atoms with Crippen molar-refractivity contribution in [3.05, 3.63) is 42.4 Å². The molecule has 0 bridgehead atoms. The van der Waals surface area contributed by atoms with E-state index in [1.165, 1.54) is 12.5 Å². The summed E-state index contributed by atoms with van der Waals surface area (Å²) in [5, 5.41) is 2.31. The molecule has 0 amide bonds. The number of hydrogen-bond acceptors (Lipinski definition) is 4. The topological polar surface area (TPSA) is 30.8 Å². The van der Waals surface area contributed by atoms with Crippen molar-refractivity contribution >= 4 is 23.1 Å². The van der Waals surface area contributed by atoms with E-state index in [9.17, 15) is 0 Å². The maximum Gasteiger partial charge on any atom is 0.266 e. The van der Waals surface area contributed by atoms with E-state index >= 15 is 0 Å². The summed E-state index contributed by atoms with van der Waals surface area (Å²) in [4.78, 5) is 3.87. The van der Waals surface area contributed by atoms with Crippen LogP contribution in [0.15, 0.2) is 41.8 Å². The van der Waals surface area contributed by atoms with Gasteiger partial charge in [0.05, 0.1) is 10.8 Å². The van der Waals surface area contributed by atoms with E-state index in [2.05, 4.69) is 22.4 Å². The quantitative estimate of drug-likeness (QED) is 0.549. The molecule has 0 radical (unpaired) electrons. The largest absolute Gasteiger partial charge is 0.455 e. The fraction of sp³-hybridized carbons (Fsp3) is 0.100. The predicted molar refractivity (Wildman–Crippen MR) is 55.2 cm³/mol. The van der Waals surface area contributed by atoms with Crippen molar-refractivity contribution in [3.63, 3.8) is 0 Å². The molecule has 1 aliphatic heterocycles. The zero-order valence-corrected chi connectivity index (χ0v) is 8.03. The minimum atomic E-state index is -0.365. The van der Waals surface area contributed by atoms with Crippen LogP contribution >= 0.6 is 12.2 Å². The predicted octanol–water partition coefficient (Wildman–Crippen LogP) is 2.94. The first-order valence-electron chi connectivity index (χ1n) is 4.04. The number of aliphatic imine (C=N–C) groups is 1. The van der Waals surface area contributed by atoms with Gasteiger partial charge in [-0.2, -0.15) is 4.99 Å². The van der Waals surface area contributed by atoms with Crippen molar-refractivity contribution in [2.24, 2.45) is 4.99 Å². The Morgan fingerprint density at radius 1 is 1.29 bits per heavy atom. The smallest absolute Gasteiger partial charge is 0.266 e. The van der Waals surface area contributed by atoms with Gasteiger partial charge in [0.2, 0.25) is 0 Å². The third kappa shape index (κ3) is 1.82. The molecule has 0 aliphatic carbocycles. The molecule has 4 heteroatoms. The molecule has 2 rings (SSSR count). The van der Waals surface area contributed by atoms with Gasteiger partial charge in [-0.15, -0.1) is 0 Å². The van der Waals surface area contributed by atoms with Crippen LogP contribution < -0.4 is 0 Å². The summed E-state index contributed by atoms with van der Waals surface area (Å²) in [5.74, 6) is 0. The van der Waals surface area contributed by atoms with E-state index in [4.69, 9.17) is 9.47 Å². The minimum Gasteiger partial charge on any atom is -0.455 e. The normalized spacial score (nSPS) is 14.3. The van der Waals surface area contributed by atoms with Gasteiger partial charge in [-0.3, -0.25) is 0 Å². The second-order valence-corrected chi connectivity index (χ2v) is 2.86. The van der Waals surface area contributed by atoms with Crippen molar-refractivity contribution in [3.8, 4) is 0 Å². The summed E-state index contributed by atoms with van der Waals surface area (Å²) >= 11 is 4.52. The van der Waals surface area contributed by atoms with Gasteiger partial charge in [0, 0.05) is 5.56 Å². The standard InChI is InChI=1S/C10H7NO2S/c14-7-11-9-3-1-2-8(6-9)10-12-4-5-13-10/h1-6,10H. The Hall–Kier alpha value is -1.64. The number of ether oxygens (including phenoxy) is 2. The number of rotatable bonds is 2. The van der Waals surface area contributed by atoms with E-state index in [0.717, 1.165) is 11.3 Å². The fourth-order valence-electron chi connectivity index (χ4n) is 1.19. The molecule has 14 heavy (non-hydrogen) atoms. The second-order valence-electron chi connectivity index (χ2n) is 2.67. The lowest BCUT2D eigenvalue weighted by Crippen LogP contribution is -1.96. The van der Waals surface area contributed by atoms with Gasteiger partial charge in [0.1, 0.15) is 12.5 Å². The highest BCUT2D eigenvalue weighted by Crippen LogP contribution is 2.26. The summed E-state index contributed by atoms with van der Waals surface area (Å²) in [6.07, 6.45) is 2.66. The summed E-state index contributed by atoms with van der Waals surface area (Å²) in [6, 6.07) is 7.45. The third-order valence-corrected chi connectivity index (χ3v) is 1.87. The van der Waals surface area contributed by atoms with Crippen molar-refractivity contribution in [1.82, 2.24) is 0 Å². The summed E-state index contributed by atoms with van der Waals surface area (Å²) < 4.78 is 10.4. The van der Waals surface area contributed by atoms with E-state index in [-0.39, 0.29) is 6.29 Å². The number of nitrogens with zero attached hydrogens (tertiary/aromatic N) is 1. The molecule has 0 fully saturated rings. The monoisotopic (exact) mass is 205 g/mol. The van der Waals surface area contributed by atoms with Gasteiger partial charge in [-0.05, 0) is 24.4 Å². The molecule has 1 aromatic rings. The number of isothiocyanates is 1. The molecule has 3 nitrogen and oxygen atoms in total. The van der Waals surface area contributed by atoms with Crippen LogP contribution in [0.25, 0.3) is 0 Å². The molecule has 1 heterocycles. The van der Waals surface area contributed by atoms with E-state index in [0.29, 0.717) is 0 Å². The minimum absolute atomic E-state index is 0.365. The van der Waals surface area contributed by atoms with Crippen LogP contribution in [0, 0.1) is 0 Å². The van der Waals surface area contributed by atoms with Crippen LogP contribution in [-0.2, 0) is 9.47 Å². The molecule has 1 aliphatic rings. The maximum absolute atomic E-state index is 5.18. The van der Waals surface area contributed by atoms with Crippen molar-refractivity contribution in [2.45, 2.75) is 6.29 Å². The first kappa shape index (κ1) is 8.94. The van der Waals surface area contributed by atoms with E-state index in [1.807, 2.05) is 24.3 Å². The van der Waals surface area contributed by atoms with Crippen LogP contribution in [-0.4, -0.2) is 5.16 Å². The highest BCUT2D eigenvalue weighted by Gasteiger charge is 2.14. The van der Waals surface area contributed by atoms with Crippen LogP contribution in [0.5, 0.6) is 0 Å². The molecular weight excluding hydrogens is 198 g/mol. The van der Waals surface area contributed by atoms with Gasteiger partial charge < -0.3 is 9.47 Å². The molecule has 0 spiro atoms. The van der Waals surface area contributed by atoms with Gasteiger partial charge >= 0.3 is 0 Å². The molecular formula is C10H7NO2S. The first-order valence-corrected chi connectivity index (χ1v) is 4.45. The SMILES string of the molecule is S=C=Nc1cccc(C2OC=CO2)c1. The van der Waals surface area contributed by atoms with Crippen molar-refractivity contribution in [1.29, 1.82) is 0 Å². The Bertz CT molecular complexity index is 402. The number of thiocarbonyl (C=S) groups is 1. The summed E-state index contributed by atoms with van der Waals surface area (Å²) in [7, 11) is 0. The second kappa shape index (κ2) is 4.05. The molecule has 0 atom stereocenters. The first-order chi connectivity index (χ1) is 6.90. The molecule has 1 aromatic carbocycles. The Balaban J connectivity index is 2.25. The lowest BCUT2D eigenvalue weighted by Gasteiger charge is -2.09. The van der Waals surface area contributed by atoms with Gasteiger partial charge in [0.25, 0.3) is 6.29 Å². The average molecular weight is 205 g/mol. The average Bonchev–Trinajstić information content (AvgIpc) is 2.71. The Kier molecular flexibility index (Phi) is 2.58. The van der Waals surface area contributed by atoms with Crippen molar-refractivity contribution in [2.75, 3.05) is 0 Å². The highest BCUT2D eigenvalue weighted by atomic mass is 32.1. The van der Waals surface area contributed by atoms with Crippen LogP contribution in [0.4, 0.5) is 5.69 Å². The van der Waals surface area contributed by atoms with Crippen molar-refractivity contribution < 1.29 is 9.47 Å². The zero-order chi connectivity index (χ0) is 9.80. The molecule has 0 aromatic heterocycles. The molecule has 0 unspecified atom stereocenters. The Morgan fingerprint density at radius 3 is 2.79 bits per heavy atom. The molecule has 0 saturated heterocycles. The lowest BCUT2D eigenvalue weighted by molar-refractivity contribution is -0.0245. The van der Waals surface area contributed by atoms with Gasteiger partial charge in [0.15, 0.2) is 0 Å². The summed E-state index contributed by atoms with van der Waals surface area (Å²) in [6.45, 7) is 0. The molecule has 70 valence electrons.